The van der Waals surface area contributed by atoms with Crippen LogP contribution in [0.4, 0.5) is 0 Å². The second-order valence-corrected chi connectivity index (χ2v) is 3.81. The summed E-state index contributed by atoms with van der Waals surface area (Å²) < 4.78 is 4.61. The first kappa shape index (κ1) is 10.7. The van der Waals surface area contributed by atoms with Crippen molar-refractivity contribution in [2.45, 2.75) is 25.8 Å². The number of methoxy groups -OCH3 is 1. The van der Waals surface area contributed by atoms with Gasteiger partial charge in [-0.15, -0.1) is 0 Å². The molecular formula is C10H13N3O3. The largest absolute Gasteiger partial charge is 0.465 e. The van der Waals surface area contributed by atoms with E-state index in [2.05, 4.69) is 20.3 Å². The number of hydrogen-bond donors (Lipinski definition) is 2. The molecule has 0 spiro atoms. The maximum atomic E-state index is 11.7. The number of rotatable bonds is 3. The minimum atomic E-state index is -0.549. The maximum Gasteiger partial charge on any atom is 0.342 e. The van der Waals surface area contributed by atoms with Crippen molar-refractivity contribution < 1.29 is 14.3 Å². The average Bonchev–Trinajstić information content (AvgIpc) is 2.98. The standard InChI is InChI=1S/C10H13N3O3/c1-5-7(10(15)16-2)8(13-12-5)9(14)11-6-3-4-6/h6H,3-4H2,1-2H3,(H,11,14)(H,12,13). The Morgan fingerprint density at radius 3 is 2.75 bits per heavy atom. The van der Waals surface area contributed by atoms with Crippen LogP contribution in [0.3, 0.4) is 0 Å². The highest BCUT2D eigenvalue weighted by molar-refractivity contribution is 6.04. The summed E-state index contributed by atoms with van der Waals surface area (Å²) in [7, 11) is 1.28. The molecule has 2 N–H and O–H groups in total. The molecule has 1 amide bonds. The fourth-order valence-corrected chi connectivity index (χ4v) is 1.43. The smallest absolute Gasteiger partial charge is 0.342 e. The molecular weight excluding hydrogens is 210 g/mol. The first-order chi connectivity index (χ1) is 7.63. The van der Waals surface area contributed by atoms with Gasteiger partial charge >= 0.3 is 5.97 Å². The normalized spacial score (nSPS) is 14.6. The van der Waals surface area contributed by atoms with Crippen LogP contribution in [0.1, 0.15) is 39.4 Å². The van der Waals surface area contributed by atoms with Gasteiger partial charge in [-0.1, -0.05) is 0 Å². The summed E-state index contributed by atoms with van der Waals surface area (Å²) in [6, 6.07) is 0.231. The van der Waals surface area contributed by atoms with Gasteiger partial charge in [0.25, 0.3) is 5.91 Å². The molecule has 1 fully saturated rings. The summed E-state index contributed by atoms with van der Waals surface area (Å²) in [6.07, 6.45) is 1.98. The predicted molar refractivity (Wildman–Crippen MR) is 55.2 cm³/mol. The lowest BCUT2D eigenvalue weighted by Crippen LogP contribution is -2.27. The van der Waals surface area contributed by atoms with Gasteiger partial charge in [-0.2, -0.15) is 5.10 Å². The fraction of sp³-hybridized carbons (Fsp3) is 0.500. The van der Waals surface area contributed by atoms with Crippen molar-refractivity contribution in [2.24, 2.45) is 0 Å². The molecule has 1 heterocycles. The fourth-order valence-electron chi connectivity index (χ4n) is 1.43. The first-order valence-electron chi connectivity index (χ1n) is 5.07. The molecule has 1 saturated carbocycles. The predicted octanol–water partition coefficient (Wildman–Crippen LogP) is 0.397. The minimum Gasteiger partial charge on any atom is -0.465 e. The van der Waals surface area contributed by atoms with Crippen molar-refractivity contribution in [2.75, 3.05) is 7.11 Å². The van der Waals surface area contributed by atoms with Gasteiger partial charge in [0.05, 0.1) is 7.11 Å². The molecule has 6 heteroatoms. The van der Waals surface area contributed by atoms with E-state index in [4.69, 9.17) is 0 Å². The van der Waals surface area contributed by atoms with E-state index in [1.165, 1.54) is 7.11 Å². The van der Waals surface area contributed by atoms with Gasteiger partial charge in [-0.05, 0) is 19.8 Å². The third-order valence-electron chi connectivity index (χ3n) is 2.46. The summed E-state index contributed by atoms with van der Waals surface area (Å²) in [5.74, 6) is -0.876. The molecule has 0 saturated heterocycles. The van der Waals surface area contributed by atoms with Gasteiger partial charge in [-0.25, -0.2) is 4.79 Å². The lowest BCUT2D eigenvalue weighted by Gasteiger charge is -2.02. The van der Waals surface area contributed by atoms with Crippen molar-refractivity contribution in [1.29, 1.82) is 0 Å². The molecule has 0 atom stereocenters. The van der Waals surface area contributed by atoms with Crippen LogP contribution < -0.4 is 5.32 Å². The molecule has 6 nitrogen and oxygen atoms in total. The highest BCUT2D eigenvalue weighted by atomic mass is 16.5. The van der Waals surface area contributed by atoms with E-state index < -0.39 is 5.97 Å². The monoisotopic (exact) mass is 223 g/mol. The van der Waals surface area contributed by atoms with E-state index >= 15 is 0 Å². The number of carbonyl (C=O) groups is 2. The number of H-pyrrole nitrogens is 1. The average molecular weight is 223 g/mol. The Kier molecular flexibility index (Phi) is 2.64. The Morgan fingerprint density at radius 1 is 1.50 bits per heavy atom. The van der Waals surface area contributed by atoms with Crippen LogP contribution in [0, 0.1) is 6.92 Å². The first-order valence-corrected chi connectivity index (χ1v) is 5.07. The Labute approximate surface area is 92.4 Å². The number of esters is 1. The summed E-state index contributed by atoms with van der Waals surface area (Å²) in [6.45, 7) is 1.67. The van der Waals surface area contributed by atoms with E-state index in [0.29, 0.717) is 5.69 Å². The zero-order valence-corrected chi connectivity index (χ0v) is 9.16. The molecule has 16 heavy (non-hydrogen) atoms. The minimum absolute atomic E-state index is 0.108. The molecule has 0 bridgehead atoms. The van der Waals surface area contributed by atoms with Gasteiger partial charge in [-0.3, -0.25) is 9.89 Å². The number of aryl methyl sites for hydroxylation is 1. The molecule has 0 aliphatic heterocycles. The van der Waals surface area contributed by atoms with E-state index in [0.717, 1.165) is 12.8 Å². The Balaban J connectivity index is 2.25. The van der Waals surface area contributed by atoms with Crippen LogP contribution in [-0.2, 0) is 4.74 Å². The third kappa shape index (κ3) is 1.91. The van der Waals surface area contributed by atoms with Crippen LogP contribution in [0.5, 0.6) is 0 Å². The number of hydrogen-bond acceptors (Lipinski definition) is 4. The van der Waals surface area contributed by atoms with E-state index in [9.17, 15) is 9.59 Å². The van der Waals surface area contributed by atoms with E-state index in [1.807, 2.05) is 0 Å². The zero-order valence-electron chi connectivity index (χ0n) is 9.16. The van der Waals surface area contributed by atoms with Gasteiger partial charge in [0, 0.05) is 11.7 Å². The number of ether oxygens (including phenoxy) is 1. The molecule has 0 unspecified atom stereocenters. The second-order valence-electron chi connectivity index (χ2n) is 3.81. The number of aromatic amines is 1. The summed E-state index contributed by atoms with van der Waals surface area (Å²) in [4.78, 5) is 23.2. The van der Waals surface area contributed by atoms with Crippen molar-refractivity contribution in [3.8, 4) is 0 Å². The zero-order chi connectivity index (χ0) is 11.7. The van der Waals surface area contributed by atoms with Crippen LogP contribution in [-0.4, -0.2) is 35.2 Å². The number of aromatic nitrogens is 2. The Morgan fingerprint density at radius 2 is 2.19 bits per heavy atom. The number of nitrogens with one attached hydrogen (secondary N) is 2. The second kappa shape index (κ2) is 3.96. The van der Waals surface area contributed by atoms with Crippen molar-refractivity contribution >= 4 is 11.9 Å². The lowest BCUT2D eigenvalue weighted by atomic mass is 10.2. The van der Waals surface area contributed by atoms with Gasteiger partial charge in [0.15, 0.2) is 5.69 Å². The van der Waals surface area contributed by atoms with Gasteiger partial charge in [0.2, 0.25) is 0 Å². The van der Waals surface area contributed by atoms with Crippen LogP contribution in [0.2, 0.25) is 0 Å². The Bertz CT molecular complexity index is 435. The van der Waals surface area contributed by atoms with Crippen LogP contribution in [0.25, 0.3) is 0 Å². The van der Waals surface area contributed by atoms with Crippen LogP contribution >= 0.6 is 0 Å². The molecule has 0 radical (unpaired) electrons. The van der Waals surface area contributed by atoms with Crippen LogP contribution in [0.15, 0.2) is 0 Å². The molecule has 1 aromatic rings. The molecule has 1 aromatic heterocycles. The molecule has 1 aliphatic carbocycles. The highest BCUT2D eigenvalue weighted by Crippen LogP contribution is 2.20. The Hall–Kier alpha value is -1.85. The van der Waals surface area contributed by atoms with Crippen molar-refractivity contribution in [3.63, 3.8) is 0 Å². The molecule has 86 valence electrons. The lowest BCUT2D eigenvalue weighted by molar-refractivity contribution is 0.0595. The SMILES string of the molecule is COC(=O)c1c(C(=O)NC2CC2)n[nH]c1C. The van der Waals surface area contributed by atoms with Gasteiger partial charge < -0.3 is 10.1 Å². The topological polar surface area (TPSA) is 84.1 Å². The van der Waals surface area contributed by atoms with E-state index in [-0.39, 0.29) is 23.2 Å². The van der Waals surface area contributed by atoms with Gasteiger partial charge in [0.1, 0.15) is 5.56 Å². The third-order valence-corrected chi connectivity index (χ3v) is 2.46. The van der Waals surface area contributed by atoms with Crippen molar-refractivity contribution in [1.82, 2.24) is 15.5 Å². The van der Waals surface area contributed by atoms with E-state index in [1.54, 1.807) is 6.92 Å². The number of nitrogens with zero attached hydrogens (tertiary/aromatic N) is 1. The summed E-state index contributed by atoms with van der Waals surface area (Å²) in [5.41, 5.74) is 0.852. The molecule has 0 aromatic carbocycles. The summed E-state index contributed by atoms with van der Waals surface area (Å²) in [5, 5.41) is 9.22. The maximum absolute atomic E-state index is 11.7. The van der Waals surface area contributed by atoms with Crippen molar-refractivity contribution in [3.05, 3.63) is 17.0 Å². The molecule has 1 aliphatic rings. The number of carbonyl (C=O) groups excluding carboxylic acids is 2. The summed E-state index contributed by atoms with van der Waals surface area (Å²) >= 11 is 0. The quantitative estimate of drug-likeness (QED) is 0.726. The number of amides is 1. The highest BCUT2D eigenvalue weighted by Gasteiger charge is 2.29. The molecule has 2 rings (SSSR count).